The summed E-state index contributed by atoms with van der Waals surface area (Å²) in [5.74, 6) is 0.592. The second-order valence-corrected chi connectivity index (χ2v) is 5.81. The molecule has 0 saturated carbocycles. The van der Waals surface area contributed by atoms with Gasteiger partial charge in [-0.15, -0.1) is 11.6 Å². The maximum absolute atomic E-state index is 6.10. The average Bonchev–Trinajstić information content (AvgIpc) is 2.46. The zero-order valence-electron chi connectivity index (χ0n) is 12.3. The van der Waals surface area contributed by atoms with Crippen molar-refractivity contribution in [2.45, 2.75) is 38.6 Å². The normalized spacial score (nSPS) is 17.7. The van der Waals surface area contributed by atoms with Crippen LogP contribution in [0.3, 0.4) is 0 Å². The highest BCUT2D eigenvalue weighted by molar-refractivity contribution is 6.17. The zero-order chi connectivity index (χ0) is 13.8. The second-order valence-electron chi connectivity index (χ2n) is 5.54. The molecule has 0 bridgehead atoms. The molecule has 0 amide bonds. The molecule has 106 valence electrons. The van der Waals surface area contributed by atoms with Gasteiger partial charge in [0.15, 0.2) is 0 Å². The third-order valence-corrected chi connectivity index (χ3v) is 4.60. The fraction of sp³-hybridized carbons (Fsp3) is 0.625. The Bertz CT molecular complexity index is 411. The molecular formula is C16H25ClN2. The number of likely N-dealkylation sites (tertiary alicyclic amines) is 1. The van der Waals surface area contributed by atoms with Gasteiger partial charge in [-0.2, -0.15) is 0 Å². The van der Waals surface area contributed by atoms with Crippen molar-refractivity contribution in [2.24, 2.45) is 0 Å². The summed E-state index contributed by atoms with van der Waals surface area (Å²) >= 11 is 6.10. The van der Waals surface area contributed by atoms with Crippen molar-refractivity contribution in [3.63, 3.8) is 0 Å². The summed E-state index contributed by atoms with van der Waals surface area (Å²) in [4.78, 5) is 4.96. The Balaban J connectivity index is 2.09. The summed E-state index contributed by atoms with van der Waals surface area (Å²) < 4.78 is 0. The summed E-state index contributed by atoms with van der Waals surface area (Å²) in [6.45, 7) is 7.98. The number of rotatable bonds is 4. The van der Waals surface area contributed by atoms with Crippen molar-refractivity contribution >= 4 is 17.3 Å². The summed E-state index contributed by atoms with van der Waals surface area (Å²) in [6.07, 6.45) is 2.50. The first-order valence-corrected chi connectivity index (χ1v) is 7.79. The highest BCUT2D eigenvalue weighted by Gasteiger charge is 2.22. The number of benzene rings is 1. The predicted molar refractivity (Wildman–Crippen MR) is 84.3 cm³/mol. The zero-order valence-corrected chi connectivity index (χ0v) is 13.1. The van der Waals surface area contributed by atoms with E-state index in [9.17, 15) is 0 Å². The van der Waals surface area contributed by atoms with Crippen LogP contribution in [0.25, 0.3) is 0 Å². The lowest BCUT2D eigenvalue weighted by molar-refractivity contribution is 0.221. The molecule has 2 rings (SSSR count). The Morgan fingerprint density at radius 2 is 2.00 bits per heavy atom. The molecule has 1 aromatic rings. The molecule has 19 heavy (non-hydrogen) atoms. The van der Waals surface area contributed by atoms with E-state index < -0.39 is 0 Å². The molecular weight excluding hydrogens is 256 g/mol. The fourth-order valence-electron chi connectivity index (χ4n) is 2.98. The smallest absolute Gasteiger partial charge is 0.0494 e. The van der Waals surface area contributed by atoms with Crippen molar-refractivity contribution in [3.05, 3.63) is 29.3 Å². The lowest BCUT2D eigenvalue weighted by atomic mass is 10.0. The van der Waals surface area contributed by atoms with Crippen molar-refractivity contribution in [3.8, 4) is 0 Å². The van der Waals surface area contributed by atoms with Crippen LogP contribution >= 0.6 is 11.6 Å². The van der Waals surface area contributed by atoms with Crippen LogP contribution in [0.5, 0.6) is 0 Å². The molecule has 3 heteroatoms. The van der Waals surface area contributed by atoms with Gasteiger partial charge in [0, 0.05) is 37.7 Å². The Labute approximate surface area is 122 Å². The van der Waals surface area contributed by atoms with Crippen LogP contribution in [-0.4, -0.2) is 37.6 Å². The van der Waals surface area contributed by atoms with Gasteiger partial charge in [-0.1, -0.05) is 24.6 Å². The highest BCUT2D eigenvalue weighted by Crippen LogP contribution is 2.27. The first kappa shape index (κ1) is 14.7. The Morgan fingerprint density at radius 1 is 1.32 bits per heavy atom. The molecule has 0 unspecified atom stereocenters. The molecule has 0 aromatic heterocycles. The summed E-state index contributed by atoms with van der Waals surface area (Å²) in [6, 6.07) is 7.26. The number of piperidine rings is 1. The van der Waals surface area contributed by atoms with Crippen LogP contribution in [0.2, 0.25) is 0 Å². The van der Waals surface area contributed by atoms with Crippen LogP contribution in [0, 0.1) is 6.92 Å². The lowest BCUT2D eigenvalue weighted by Gasteiger charge is -2.38. The number of hydrogen-bond acceptors (Lipinski definition) is 2. The Kier molecular flexibility index (Phi) is 5.12. The predicted octanol–water partition coefficient (Wildman–Crippen LogP) is 3.65. The minimum absolute atomic E-state index is 0.592. The summed E-state index contributed by atoms with van der Waals surface area (Å²) in [5.41, 5.74) is 3.84. The van der Waals surface area contributed by atoms with E-state index in [1.54, 1.807) is 0 Å². The van der Waals surface area contributed by atoms with Gasteiger partial charge in [0.05, 0.1) is 0 Å². The van der Waals surface area contributed by atoms with Gasteiger partial charge in [0.1, 0.15) is 0 Å². The molecule has 1 aromatic carbocycles. The molecule has 1 saturated heterocycles. The molecule has 1 aliphatic heterocycles. The van der Waals surface area contributed by atoms with Crippen LogP contribution in [-0.2, 0) is 5.88 Å². The average molecular weight is 281 g/mol. The van der Waals surface area contributed by atoms with Crippen molar-refractivity contribution in [2.75, 3.05) is 31.6 Å². The van der Waals surface area contributed by atoms with Gasteiger partial charge in [0.2, 0.25) is 0 Å². The SMILES string of the molecule is CCN1CCC(N(C)c2ccc(C)cc2CCl)CC1. The maximum Gasteiger partial charge on any atom is 0.0494 e. The quantitative estimate of drug-likeness (QED) is 0.777. The summed E-state index contributed by atoms with van der Waals surface area (Å²) in [5, 5.41) is 0. The van der Waals surface area contributed by atoms with Crippen LogP contribution in [0.1, 0.15) is 30.9 Å². The maximum atomic E-state index is 6.10. The fourth-order valence-corrected chi connectivity index (χ4v) is 3.20. The monoisotopic (exact) mass is 280 g/mol. The lowest BCUT2D eigenvalue weighted by Crippen LogP contribution is -2.43. The molecule has 0 N–H and O–H groups in total. The molecule has 1 heterocycles. The number of aryl methyl sites for hydroxylation is 1. The van der Waals surface area contributed by atoms with E-state index in [0.29, 0.717) is 11.9 Å². The number of nitrogens with zero attached hydrogens (tertiary/aromatic N) is 2. The van der Waals surface area contributed by atoms with Crippen molar-refractivity contribution in [1.29, 1.82) is 0 Å². The molecule has 1 fully saturated rings. The van der Waals surface area contributed by atoms with Crippen molar-refractivity contribution < 1.29 is 0 Å². The topological polar surface area (TPSA) is 6.48 Å². The molecule has 0 atom stereocenters. The molecule has 0 aliphatic carbocycles. The van der Waals surface area contributed by atoms with Gasteiger partial charge < -0.3 is 9.80 Å². The second kappa shape index (κ2) is 6.62. The van der Waals surface area contributed by atoms with Gasteiger partial charge in [-0.3, -0.25) is 0 Å². The van der Waals surface area contributed by atoms with E-state index in [1.165, 1.54) is 49.3 Å². The van der Waals surface area contributed by atoms with Gasteiger partial charge in [-0.05, 0) is 37.9 Å². The minimum atomic E-state index is 0.592. The molecule has 1 aliphatic rings. The third kappa shape index (κ3) is 3.43. The first-order chi connectivity index (χ1) is 9.15. The number of hydrogen-bond donors (Lipinski definition) is 0. The van der Waals surface area contributed by atoms with Gasteiger partial charge in [-0.25, -0.2) is 0 Å². The number of alkyl halides is 1. The Hall–Kier alpha value is -0.730. The van der Waals surface area contributed by atoms with E-state index in [1.807, 2.05) is 0 Å². The van der Waals surface area contributed by atoms with Crippen LogP contribution in [0.15, 0.2) is 18.2 Å². The summed E-state index contributed by atoms with van der Waals surface area (Å²) in [7, 11) is 2.22. The molecule has 0 radical (unpaired) electrons. The number of halogens is 1. The van der Waals surface area contributed by atoms with Gasteiger partial charge in [0.25, 0.3) is 0 Å². The van der Waals surface area contributed by atoms with E-state index in [-0.39, 0.29) is 0 Å². The van der Waals surface area contributed by atoms with Gasteiger partial charge >= 0.3 is 0 Å². The van der Waals surface area contributed by atoms with E-state index in [0.717, 1.165) is 0 Å². The van der Waals surface area contributed by atoms with E-state index in [4.69, 9.17) is 11.6 Å². The minimum Gasteiger partial charge on any atom is -0.371 e. The van der Waals surface area contributed by atoms with E-state index in [2.05, 4.69) is 48.9 Å². The van der Waals surface area contributed by atoms with E-state index >= 15 is 0 Å². The molecule has 0 spiro atoms. The number of anilines is 1. The molecule has 2 nitrogen and oxygen atoms in total. The van der Waals surface area contributed by atoms with Crippen molar-refractivity contribution in [1.82, 2.24) is 4.90 Å². The standard InChI is InChI=1S/C16H25ClN2/c1-4-19-9-7-15(8-10-19)18(3)16-6-5-13(2)11-14(16)12-17/h5-6,11,15H,4,7-10,12H2,1-3H3. The van der Waals surface area contributed by atoms with Crippen LogP contribution in [0.4, 0.5) is 5.69 Å². The first-order valence-electron chi connectivity index (χ1n) is 7.26. The Morgan fingerprint density at radius 3 is 2.58 bits per heavy atom. The third-order valence-electron chi connectivity index (χ3n) is 4.31. The van der Waals surface area contributed by atoms with Crippen LogP contribution < -0.4 is 4.90 Å². The highest BCUT2D eigenvalue weighted by atomic mass is 35.5. The largest absolute Gasteiger partial charge is 0.371 e.